The topological polar surface area (TPSA) is 66.4 Å². The van der Waals surface area contributed by atoms with Gasteiger partial charge in [-0.1, -0.05) is 12.1 Å². The largest absolute Gasteiger partial charge is 0.416 e. The number of nitrogens with zero attached hydrogens (tertiary/aromatic N) is 4. The van der Waals surface area contributed by atoms with Gasteiger partial charge in [0.25, 0.3) is 0 Å². The molecule has 0 saturated carbocycles. The van der Waals surface area contributed by atoms with Gasteiger partial charge in [0.05, 0.1) is 23.6 Å². The number of piperidine rings is 1. The molecule has 1 aromatic heterocycles. The predicted molar refractivity (Wildman–Crippen MR) is 120 cm³/mol. The molecule has 6 nitrogen and oxygen atoms in total. The summed E-state index contributed by atoms with van der Waals surface area (Å²) in [5, 5.41) is 0. The van der Waals surface area contributed by atoms with Gasteiger partial charge in [0, 0.05) is 19.6 Å². The fraction of sp³-hybridized carbons (Fsp3) is 0.565. The molecule has 0 N–H and O–H groups in total. The third kappa shape index (κ3) is 5.51. The lowest BCUT2D eigenvalue weighted by molar-refractivity contribution is -0.137. The van der Waals surface area contributed by atoms with E-state index < -0.39 is 27.6 Å². The molecule has 0 aliphatic carbocycles. The van der Waals surface area contributed by atoms with Crippen LogP contribution in [-0.2, 0) is 22.6 Å². The van der Waals surface area contributed by atoms with Crippen molar-refractivity contribution in [1.82, 2.24) is 14.3 Å². The Morgan fingerprint density at radius 3 is 2.32 bits per heavy atom. The summed E-state index contributed by atoms with van der Waals surface area (Å²) in [4.78, 5) is 10.1. The van der Waals surface area contributed by atoms with Crippen molar-refractivity contribution in [3.05, 3.63) is 53.2 Å². The standard InChI is InChI=1S/C23H28F4N4O2S/c1-34(32,33)30-13-10-16(11-14-30)4-9-19-21(24)22(29-15-28-19)31-12-2-3-20(31)17-5-7-18(8-6-17)23(25,26)27/h5-8,15-16,20H,2-4,9-14H2,1H3/t20-/m1/s1. The molecule has 11 heteroatoms. The Kier molecular flexibility index (Phi) is 7.14. The van der Waals surface area contributed by atoms with Crippen molar-refractivity contribution in [3.8, 4) is 0 Å². The van der Waals surface area contributed by atoms with Gasteiger partial charge >= 0.3 is 6.18 Å². The number of rotatable bonds is 6. The first-order valence-corrected chi connectivity index (χ1v) is 13.3. The first kappa shape index (κ1) is 24.8. The highest BCUT2D eigenvalue weighted by atomic mass is 32.2. The second-order valence-corrected chi connectivity index (χ2v) is 11.1. The summed E-state index contributed by atoms with van der Waals surface area (Å²) in [6.45, 7) is 1.51. The van der Waals surface area contributed by atoms with Gasteiger partial charge in [-0.25, -0.2) is 27.1 Å². The van der Waals surface area contributed by atoms with Crippen LogP contribution in [0.4, 0.5) is 23.4 Å². The maximum Gasteiger partial charge on any atom is 0.416 e. The zero-order chi connectivity index (χ0) is 24.5. The summed E-state index contributed by atoms with van der Waals surface area (Å²) in [6.07, 6.45) is 2.21. The summed E-state index contributed by atoms with van der Waals surface area (Å²) in [5.41, 5.74) is 0.301. The Hall–Kier alpha value is -2.27. The van der Waals surface area contributed by atoms with Crippen LogP contribution in [0.3, 0.4) is 0 Å². The van der Waals surface area contributed by atoms with Crippen LogP contribution in [0.1, 0.15) is 55.0 Å². The minimum absolute atomic E-state index is 0.180. The van der Waals surface area contributed by atoms with E-state index in [1.54, 1.807) is 0 Å². The molecule has 1 aromatic carbocycles. The lowest BCUT2D eigenvalue weighted by Crippen LogP contribution is -2.37. The maximum absolute atomic E-state index is 15.4. The molecule has 0 radical (unpaired) electrons. The molecule has 0 unspecified atom stereocenters. The van der Waals surface area contributed by atoms with Gasteiger partial charge in [0.15, 0.2) is 11.6 Å². The number of hydrogen-bond donors (Lipinski definition) is 0. The smallest absolute Gasteiger partial charge is 0.347 e. The Morgan fingerprint density at radius 1 is 1.03 bits per heavy atom. The summed E-state index contributed by atoms with van der Waals surface area (Å²) in [5.74, 6) is -0.0170. The fourth-order valence-electron chi connectivity index (χ4n) is 4.90. The van der Waals surface area contributed by atoms with E-state index in [0.29, 0.717) is 56.1 Å². The zero-order valence-electron chi connectivity index (χ0n) is 18.9. The van der Waals surface area contributed by atoms with Gasteiger partial charge in [0.1, 0.15) is 6.33 Å². The van der Waals surface area contributed by atoms with E-state index in [2.05, 4.69) is 9.97 Å². The molecule has 3 heterocycles. The van der Waals surface area contributed by atoms with E-state index in [4.69, 9.17) is 0 Å². The Balaban J connectivity index is 1.44. The van der Waals surface area contributed by atoms with Crippen LogP contribution in [0, 0.1) is 11.7 Å². The molecule has 2 fully saturated rings. The minimum atomic E-state index is -4.40. The van der Waals surface area contributed by atoms with Crippen LogP contribution < -0.4 is 4.90 Å². The Bertz CT molecular complexity index is 1100. The van der Waals surface area contributed by atoms with Gasteiger partial charge in [-0.2, -0.15) is 13.2 Å². The second kappa shape index (κ2) is 9.77. The zero-order valence-corrected chi connectivity index (χ0v) is 19.7. The predicted octanol–water partition coefficient (Wildman–Crippen LogP) is 4.58. The van der Waals surface area contributed by atoms with Crippen molar-refractivity contribution >= 4 is 15.8 Å². The molecule has 0 bridgehead atoms. The van der Waals surface area contributed by atoms with E-state index in [-0.39, 0.29) is 11.9 Å². The number of aromatic nitrogens is 2. The number of benzene rings is 1. The maximum atomic E-state index is 15.4. The molecule has 4 rings (SSSR count). The molecule has 186 valence electrons. The Morgan fingerprint density at radius 2 is 1.71 bits per heavy atom. The summed E-state index contributed by atoms with van der Waals surface area (Å²) in [6, 6.07) is 4.77. The van der Waals surface area contributed by atoms with Crippen LogP contribution in [0.2, 0.25) is 0 Å². The minimum Gasteiger partial charge on any atom is -0.347 e. The monoisotopic (exact) mass is 500 g/mol. The van der Waals surface area contributed by atoms with Crippen LogP contribution in [0.15, 0.2) is 30.6 Å². The Labute approximate surface area is 197 Å². The average Bonchev–Trinajstić information content (AvgIpc) is 3.27. The van der Waals surface area contributed by atoms with Crippen molar-refractivity contribution < 1.29 is 26.0 Å². The van der Waals surface area contributed by atoms with Gasteiger partial charge in [-0.3, -0.25) is 0 Å². The van der Waals surface area contributed by atoms with Gasteiger partial charge < -0.3 is 4.90 Å². The summed E-state index contributed by atoms with van der Waals surface area (Å²) >= 11 is 0. The molecule has 1 atom stereocenters. The first-order chi connectivity index (χ1) is 16.0. The molecule has 0 amide bonds. The van der Waals surface area contributed by atoms with Gasteiger partial charge in [-0.05, 0) is 62.1 Å². The van der Waals surface area contributed by atoms with Crippen LogP contribution in [0.5, 0.6) is 0 Å². The van der Waals surface area contributed by atoms with E-state index in [1.165, 1.54) is 29.0 Å². The first-order valence-electron chi connectivity index (χ1n) is 11.4. The molecule has 2 saturated heterocycles. The molecule has 34 heavy (non-hydrogen) atoms. The number of aryl methyl sites for hydroxylation is 1. The molecule has 0 spiro atoms. The van der Waals surface area contributed by atoms with E-state index in [0.717, 1.165) is 31.4 Å². The number of alkyl halides is 3. The molecular weight excluding hydrogens is 472 g/mol. The van der Waals surface area contributed by atoms with Crippen LogP contribution in [-0.4, -0.2) is 48.6 Å². The number of sulfonamides is 1. The highest BCUT2D eigenvalue weighted by Crippen LogP contribution is 2.38. The van der Waals surface area contributed by atoms with Crippen LogP contribution >= 0.6 is 0 Å². The molecular formula is C23H28F4N4O2S. The highest BCUT2D eigenvalue weighted by Gasteiger charge is 2.33. The van der Waals surface area contributed by atoms with Crippen molar-refractivity contribution in [2.45, 2.75) is 50.7 Å². The third-order valence-electron chi connectivity index (χ3n) is 6.82. The number of anilines is 1. The molecule has 2 aliphatic heterocycles. The van der Waals surface area contributed by atoms with Gasteiger partial charge in [-0.15, -0.1) is 0 Å². The number of halogens is 4. The van der Waals surface area contributed by atoms with Crippen molar-refractivity contribution in [2.75, 3.05) is 30.8 Å². The number of hydrogen-bond acceptors (Lipinski definition) is 5. The third-order valence-corrected chi connectivity index (χ3v) is 8.13. The normalized spacial score (nSPS) is 20.7. The second-order valence-electron chi connectivity index (χ2n) is 9.07. The molecule has 2 aliphatic rings. The molecule has 2 aromatic rings. The van der Waals surface area contributed by atoms with E-state index >= 15 is 4.39 Å². The quantitative estimate of drug-likeness (QED) is 0.544. The van der Waals surface area contributed by atoms with Gasteiger partial charge in [0.2, 0.25) is 10.0 Å². The van der Waals surface area contributed by atoms with E-state index in [1.807, 2.05) is 4.90 Å². The van der Waals surface area contributed by atoms with Crippen molar-refractivity contribution in [2.24, 2.45) is 5.92 Å². The SMILES string of the molecule is CS(=O)(=O)N1CCC(CCc2ncnc(N3CCC[C@@H]3c3ccc(C(F)(F)F)cc3)c2F)CC1. The average molecular weight is 501 g/mol. The van der Waals surface area contributed by atoms with Crippen LogP contribution in [0.25, 0.3) is 0 Å². The summed E-state index contributed by atoms with van der Waals surface area (Å²) < 4.78 is 79.0. The van der Waals surface area contributed by atoms with Crippen molar-refractivity contribution in [3.63, 3.8) is 0 Å². The summed E-state index contributed by atoms with van der Waals surface area (Å²) in [7, 11) is -3.18. The lowest BCUT2D eigenvalue weighted by Gasteiger charge is -2.30. The van der Waals surface area contributed by atoms with E-state index in [9.17, 15) is 21.6 Å². The highest BCUT2D eigenvalue weighted by molar-refractivity contribution is 7.88. The van der Waals surface area contributed by atoms with Crippen molar-refractivity contribution in [1.29, 1.82) is 0 Å². The fourth-order valence-corrected chi connectivity index (χ4v) is 5.78. The lowest BCUT2D eigenvalue weighted by atomic mass is 9.92.